The maximum absolute atomic E-state index is 12.0. The number of carboxylic acids is 1. The number of ether oxygens (including phenoxy) is 1. The van der Waals surface area contributed by atoms with Gasteiger partial charge < -0.3 is 19.6 Å². The van der Waals surface area contributed by atoms with Gasteiger partial charge in [0.2, 0.25) is 0 Å². The lowest BCUT2D eigenvalue weighted by atomic mass is 9.99. The van der Waals surface area contributed by atoms with Crippen molar-refractivity contribution < 1.29 is 23.8 Å². The summed E-state index contributed by atoms with van der Waals surface area (Å²) in [4.78, 5) is 34.8. The fourth-order valence-electron chi connectivity index (χ4n) is 2.64. The number of amides is 1. The van der Waals surface area contributed by atoms with Crippen LogP contribution in [-0.4, -0.2) is 29.6 Å². The van der Waals surface area contributed by atoms with Crippen LogP contribution >= 0.6 is 0 Å². The molecule has 1 aromatic carbocycles. The largest absolute Gasteiger partial charge is 0.484 e. The minimum atomic E-state index is -1.08. The Balaban J connectivity index is 2.08. The molecule has 2 atom stereocenters. The second-order valence-electron chi connectivity index (χ2n) is 6.16. The van der Waals surface area contributed by atoms with E-state index in [0.717, 1.165) is 10.9 Å². The molecule has 7 nitrogen and oxygen atoms in total. The van der Waals surface area contributed by atoms with Crippen LogP contribution in [0.2, 0.25) is 0 Å². The van der Waals surface area contributed by atoms with Gasteiger partial charge in [-0.1, -0.05) is 27.2 Å². The topological polar surface area (TPSA) is 106 Å². The van der Waals surface area contributed by atoms with Gasteiger partial charge in [-0.3, -0.25) is 4.79 Å². The van der Waals surface area contributed by atoms with Crippen LogP contribution in [0.15, 0.2) is 33.5 Å². The van der Waals surface area contributed by atoms with Gasteiger partial charge in [-0.05, 0) is 30.0 Å². The van der Waals surface area contributed by atoms with Gasteiger partial charge in [0, 0.05) is 17.5 Å². The van der Waals surface area contributed by atoms with Gasteiger partial charge in [-0.15, -0.1) is 0 Å². The van der Waals surface area contributed by atoms with Crippen LogP contribution in [0.25, 0.3) is 11.0 Å². The zero-order chi connectivity index (χ0) is 19.3. The number of hydrogen-bond donors (Lipinski definition) is 2. The Morgan fingerprint density at radius 1 is 1.27 bits per heavy atom. The first-order valence-corrected chi connectivity index (χ1v) is 8.57. The molecule has 2 N–H and O–H groups in total. The monoisotopic (exact) mass is 361 g/mol. The number of hydrogen-bond acceptors (Lipinski definition) is 5. The van der Waals surface area contributed by atoms with Gasteiger partial charge in [0.1, 0.15) is 17.4 Å². The van der Waals surface area contributed by atoms with E-state index >= 15 is 0 Å². The average Bonchev–Trinajstić information content (AvgIpc) is 2.62. The second kappa shape index (κ2) is 8.51. The van der Waals surface area contributed by atoms with E-state index in [0.29, 0.717) is 24.2 Å². The van der Waals surface area contributed by atoms with Crippen LogP contribution < -0.4 is 15.7 Å². The quantitative estimate of drug-likeness (QED) is 0.699. The van der Waals surface area contributed by atoms with Crippen LogP contribution in [0, 0.1) is 5.92 Å². The summed E-state index contributed by atoms with van der Waals surface area (Å²) in [5.74, 6) is -1.44. The SMILES string of the molecule is CCc1cc(=O)oc2cc(OCC(=O)NC(C(=O)O)C(C)CC)ccc12. The molecule has 7 heteroatoms. The molecule has 0 fully saturated rings. The normalized spacial score (nSPS) is 13.2. The molecule has 1 aromatic heterocycles. The van der Waals surface area contributed by atoms with Gasteiger partial charge in [-0.25, -0.2) is 9.59 Å². The molecule has 2 rings (SSSR count). The lowest BCUT2D eigenvalue weighted by Gasteiger charge is -2.20. The Bertz CT molecular complexity index is 857. The van der Waals surface area contributed by atoms with E-state index in [1.54, 1.807) is 25.1 Å². The number of benzene rings is 1. The minimum Gasteiger partial charge on any atom is -0.484 e. The molecule has 0 aliphatic rings. The molecule has 0 saturated heterocycles. The number of aryl methyl sites for hydroxylation is 1. The summed E-state index contributed by atoms with van der Waals surface area (Å²) in [7, 11) is 0. The highest BCUT2D eigenvalue weighted by atomic mass is 16.5. The summed E-state index contributed by atoms with van der Waals surface area (Å²) in [6, 6.07) is 5.49. The molecule has 2 unspecified atom stereocenters. The van der Waals surface area contributed by atoms with Crippen LogP contribution in [0.1, 0.15) is 32.8 Å². The van der Waals surface area contributed by atoms with Crippen LogP contribution in [0.4, 0.5) is 0 Å². The number of carbonyl (C=O) groups excluding carboxylic acids is 1. The van der Waals surface area contributed by atoms with Crippen molar-refractivity contribution in [2.24, 2.45) is 5.92 Å². The predicted molar refractivity (Wildman–Crippen MR) is 96.4 cm³/mol. The van der Waals surface area contributed by atoms with Gasteiger partial charge >= 0.3 is 11.6 Å². The highest BCUT2D eigenvalue weighted by Crippen LogP contribution is 2.23. The minimum absolute atomic E-state index is 0.196. The maximum atomic E-state index is 12.0. The molecule has 0 bridgehead atoms. The van der Waals surface area contributed by atoms with Crippen LogP contribution in [0.3, 0.4) is 0 Å². The van der Waals surface area contributed by atoms with E-state index < -0.39 is 23.5 Å². The number of carboxylic acid groups (broad SMARTS) is 1. The smallest absolute Gasteiger partial charge is 0.336 e. The van der Waals surface area contributed by atoms with E-state index in [2.05, 4.69) is 5.32 Å². The average molecular weight is 361 g/mol. The molecule has 0 aliphatic carbocycles. The summed E-state index contributed by atoms with van der Waals surface area (Å²) in [6.07, 6.45) is 1.32. The van der Waals surface area contributed by atoms with Crippen molar-refractivity contribution in [1.82, 2.24) is 5.32 Å². The molecular formula is C19H23NO6. The molecule has 26 heavy (non-hydrogen) atoms. The third-order valence-electron chi connectivity index (χ3n) is 4.35. The summed E-state index contributed by atoms with van der Waals surface area (Å²) in [5.41, 5.74) is 0.816. The number of nitrogens with one attached hydrogen (secondary N) is 1. The lowest BCUT2D eigenvalue weighted by molar-refractivity contribution is -0.143. The summed E-state index contributed by atoms with van der Waals surface area (Å²) >= 11 is 0. The number of fused-ring (bicyclic) bond motifs is 1. The first-order chi connectivity index (χ1) is 12.3. The van der Waals surface area contributed by atoms with Gasteiger partial charge in [0.15, 0.2) is 6.61 Å². The molecule has 0 saturated carbocycles. The standard InChI is InChI=1S/C19H23NO6/c1-4-11(3)18(19(23)24)20-16(21)10-25-13-6-7-14-12(5-2)8-17(22)26-15(14)9-13/h6-9,11,18H,4-5,10H2,1-3H3,(H,20,21)(H,23,24). The Morgan fingerprint density at radius 2 is 2.00 bits per heavy atom. The molecular weight excluding hydrogens is 338 g/mol. The van der Waals surface area contributed by atoms with Gasteiger partial charge in [0.25, 0.3) is 5.91 Å². The van der Waals surface area contributed by atoms with E-state index in [4.69, 9.17) is 9.15 Å². The highest BCUT2D eigenvalue weighted by Gasteiger charge is 2.25. The van der Waals surface area contributed by atoms with Crippen molar-refractivity contribution in [2.75, 3.05) is 6.61 Å². The van der Waals surface area contributed by atoms with E-state index in [1.807, 2.05) is 13.8 Å². The van der Waals surface area contributed by atoms with E-state index in [-0.39, 0.29) is 12.5 Å². The number of rotatable bonds is 8. The Labute approximate surface area is 151 Å². The zero-order valence-electron chi connectivity index (χ0n) is 15.1. The fraction of sp³-hybridized carbons (Fsp3) is 0.421. The fourth-order valence-corrected chi connectivity index (χ4v) is 2.64. The Hall–Kier alpha value is -2.83. The van der Waals surface area contributed by atoms with Crippen molar-refractivity contribution in [1.29, 1.82) is 0 Å². The molecule has 0 aliphatic heterocycles. The molecule has 0 radical (unpaired) electrons. The van der Waals surface area contributed by atoms with Crippen molar-refractivity contribution in [3.63, 3.8) is 0 Å². The molecule has 1 amide bonds. The Kier molecular flexibility index (Phi) is 6.38. The van der Waals surface area contributed by atoms with Crippen LogP contribution in [-0.2, 0) is 16.0 Å². The van der Waals surface area contributed by atoms with Crippen molar-refractivity contribution in [2.45, 2.75) is 39.7 Å². The van der Waals surface area contributed by atoms with Crippen molar-refractivity contribution in [3.05, 3.63) is 40.2 Å². The van der Waals surface area contributed by atoms with Crippen molar-refractivity contribution in [3.8, 4) is 5.75 Å². The van der Waals surface area contributed by atoms with E-state index in [1.165, 1.54) is 6.07 Å². The van der Waals surface area contributed by atoms with E-state index in [9.17, 15) is 19.5 Å². The van der Waals surface area contributed by atoms with Gasteiger partial charge in [-0.2, -0.15) is 0 Å². The van der Waals surface area contributed by atoms with Gasteiger partial charge in [0.05, 0.1) is 0 Å². The first kappa shape index (κ1) is 19.5. The highest BCUT2D eigenvalue weighted by molar-refractivity contribution is 5.85. The predicted octanol–water partition coefficient (Wildman–Crippen LogP) is 2.35. The summed E-state index contributed by atoms with van der Waals surface area (Å²) in [6.45, 7) is 5.23. The van der Waals surface area contributed by atoms with Crippen molar-refractivity contribution >= 4 is 22.8 Å². The number of aliphatic carboxylic acids is 1. The van der Waals surface area contributed by atoms with Crippen LogP contribution in [0.5, 0.6) is 5.75 Å². The maximum Gasteiger partial charge on any atom is 0.336 e. The second-order valence-corrected chi connectivity index (χ2v) is 6.16. The Morgan fingerprint density at radius 3 is 2.62 bits per heavy atom. The summed E-state index contributed by atoms with van der Waals surface area (Å²) < 4.78 is 10.6. The molecule has 0 spiro atoms. The third kappa shape index (κ3) is 4.62. The summed E-state index contributed by atoms with van der Waals surface area (Å²) in [5, 5.41) is 12.5. The third-order valence-corrected chi connectivity index (χ3v) is 4.35. The zero-order valence-corrected chi connectivity index (χ0v) is 15.1. The molecule has 140 valence electrons. The molecule has 1 heterocycles. The number of carbonyl (C=O) groups is 2. The lowest BCUT2D eigenvalue weighted by Crippen LogP contribution is -2.46. The molecule has 2 aromatic rings. The first-order valence-electron chi connectivity index (χ1n) is 8.57.